The van der Waals surface area contributed by atoms with E-state index in [0.29, 0.717) is 12.5 Å². The molecule has 2 heterocycles. The third kappa shape index (κ3) is 4.06. The van der Waals surface area contributed by atoms with Crippen molar-refractivity contribution >= 4 is 44.6 Å². The molecule has 1 N–H and O–H groups in total. The fourth-order valence-electron chi connectivity index (χ4n) is 3.44. The minimum Gasteiger partial charge on any atom is -0.492 e. The number of benzene rings is 2. The summed E-state index contributed by atoms with van der Waals surface area (Å²) in [4.78, 5) is 7.09. The largest absolute Gasteiger partial charge is 0.492 e. The monoisotopic (exact) mass is 397 g/mol. The zero-order valence-electron chi connectivity index (χ0n) is 15.4. The standard InChI is InChI=1S/C21H23N3OS2/c1-2-25-18-9-5-3-7-16(18)23-21(26)24-13-11-15(12-14-24)20-22-17-8-4-6-10-19(17)27-20/h3-10,15H,2,11-14H2,1H3,(H,23,26). The number of rotatable bonds is 4. The van der Waals surface area contributed by atoms with E-state index in [-0.39, 0.29) is 0 Å². The van der Waals surface area contributed by atoms with Crippen molar-refractivity contribution in [1.82, 2.24) is 9.88 Å². The minimum atomic E-state index is 0.525. The van der Waals surface area contributed by atoms with Gasteiger partial charge >= 0.3 is 0 Å². The molecule has 3 aromatic rings. The molecule has 2 aromatic carbocycles. The fraction of sp³-hybridized carbons (Fsp3) is 0.333. The van der Waals surface area contributed by atoms with Crippen LogP contribution in [0.25, 0.3) is 10.2 Å². The van der Waals surface area contributed by atoms with E-state index >= 15 is 0 Å². The molecule has 4 nitrogen and oxygen atoms in total. The van der Waals surface area contributed by atoms with E-state index in [1.807, 2.05) is 42.5 Å². The number of nitrogens with one attached hydrogen (secondary N) is 1. The van der Waals surface area contributed by atoms with Gasteiger partial charge in [0.25, 0.3) is 0 Å². The quantitative estimate of drug-likeness (QED) is 0.607. The summed E-state index contributed by atoms with van der Waals surface area (Å²) in [6.45, 7) is 4.52. The molecule has 6 heteroatoms. The summed E-state index contributed by atoms with van der Waals surface area (Å²) in [7, 11) is 0. The maximum atomic E-state index is 5.68. The Hall–Kier alpha value is -2.18. The van der Waals surface area contributed by atoms with Crippen molar-refractivity contribution in [3.05, 3.63) is 53.5 Å². The zero-order chi connectivity index (χ0) is 18.6. The molecule has 0 amide bonds. The number of thiocarbonyl (C=S) groups is 1. The van der Waals surface area contributed by atoms with Gasteiger partial charge in [-0.3, -0.25) is 0 Å². The Morgan fingerprint density at radius 1 is 1.19 bits per heavy atom. The van der Waals surface area contributed by atoms with Crippen molar-refractivity contribution in [3.63, 3.8) is 0 Å². The van der Waals surface area contributed by atoms with Crippen molar-refractivity contribution in [2.24, 2.45) is 0 Å². The van der Waals surface area contributed by atoms with Gasteiger partial charge in [-0.1, -0.05) is 24.3 Å². The Kier molecular flexibility index (Phi) is 5.55. The van der Waals surface area contributed by atoms with Crippen LogP contribution in [0.5, 0.6) is 5.75 Å². The van der Waals surface area contributed by atoms with E-state index in [4.69, 9.17) is 21.9 Å². The van der Waals surface area contributed by atoms with E-state index in [9.17, 15) is 0 Å². The summed E-state index contributed by atoms with van der Waals surface area (Å²) in [5.74, 6) is 1.36. The lowest BCUT2D eigenvalue weighted by molar-refractivity contribution is 0.316. The number of nitrogens with zero attached hydrogens (tertiary/aromatic N) is 2. The Morgan fingerprint density at radius 2 is 1.93 bits per heavy atom. The highest BCUT2D eigenvalue weighted by atomic mass is 32.1. The van der Waals surface area contributed by atoms with Crippen LogP contribution in [-0.4, -0.2) is 34.7 Å². The Morgan fingerprint density at radius 3 is 2.70 bits per heavy atom. The normalized spacial score (nSPS) is 15.1. The molecule has 140 valence electrons. The van der Waals surface area contributed by atoms with Crippen LogP contribution in [-0.2, 0) is 0 Å². The summed E-state index contributed by atoms with van der Waals surface area (Å²) in [6.07, 6.45) is 2.16. The number of hydrogen-bond donors (Lipinski definition) is 1. The molecule has 1 aromatic heterocycles. The van der Waals surface area contributed by atoms with Gasteiger partial charge in [-0.2, -0.15) is 0 Å². The average molecular weight is 398 g/mol. The second-order valence-corrected chi connectivity index (χ2v) is 8.09. The van der Waals surface area contributed by atoms with E-state index in [0.717, 1.165) is 48.0 Å². The highest BCUT2D eigenvalue weighted by Gasteiger charge is 2.24. The fourth-order valence-corrected chi connectivity index (χ4v) is 4.87. The van der Waals surface area contributed by atoms with E-state index in [2.05, 4.69) is 34.5 Å². The van der Waals surface area contributed by atoms with Gasteiger partial charge in [0.2, 0.25) is 0 Å². The number of likely N-dealkylation sites (tertiary alicyclic amines) is 1. The maximum Gasteiger partial charge on any atom is 0.173 e. The SMILES string of the molecule is CCOc1ccccc1NC(=S)N1CCC(c2nc3ccccc3s2)CC1. The lowest BCUT2D eigenvalue weighted by Crippen LogP contribution is -2.40. The Labute approximate surface area is 169 Å². The summed E-state index contributed by atoms with van der Waals surface area (Å²) >= 11 is 7.48. The van der Waals surface area contributed by atoms with Crippen LogP contribution in [0, 0.1) is 0 Å². The molecule has 0 bridgehead atoms. The van der Waals surface area contributed by atoms with Crippen molar-refractivity contribution in [2.45, 2.75) is 25.7 Å². The lowest BCUT2D eigenvalue weighted by Gasteiger charge is -2.33. The third-order valence-electron chi connectivity index (χ3n) is 4.87. The molecule has 27 heavy (non-hydrogen) atoms. The van der Waals surface area contributed by atoms with E-state index < -0.39 is 0 Å². The summed E-state index contributed by atoms with van der Waals surface area (Å²) < 4.78 is 6.96. The molecule has 1 aliphatic rings. The molecular weight excluding hydrogens is 374 g/mol. The Bertz CT molecular complexity index is 899. The first-order valence-corrected chi connectivity index (χ1v) is 10.6. The molecule has 4 rings (SSSR count). The predicted octanol–water partition coefficient (Wildman–Crippen LogP) is 5.27. The van der Waals surface area contributed by atoms with Crippen LogP contribution >= 0.6 is 23.6 Å². The lowest BCUT2D eigenvalue weighted by atomic mass is 9.98. The molecule has 1 saturated heterocycles. The van der Waals surface area contributed by atoms with Gasteiger partial charge in [-0.15, -0.1) is 11.3 Å². The summed E-state index contributed by atoms with van der Waals surface area (Å²) in [5, 5.41) is 5.39. The molecule has 0 spiro atoms. The van der Waals surface area contributed by atoms with Gasteiger partial charge < -0.3 is 15.0 Å². The van der Waals surface area contributed by atoms with Gasteiger partial charge in [0.05, 0.1) is 27.5 Å². The molecule has 0 radical (unpaired) electrons. The first kappa shape index (κ1) is 18.2. The second kappa shape index (κ2) is 8.23. The number of ether oxygens (including phenoxy) is 1. The summed E-state index contributed by atoms with van der Waals surface area (Å²) in [6, 6.07) is 16.3. The van der Waals surface area contributed by atoms with Crippen molar-refractivity contribution in [2.75, 3.05) is 25.0 Å². The van der Waals surface area contributed by atoms with Crippen LogP contribution in [0.3, 0.4) is 0 Å². The van der Waals surface area contributed by atoms with Gasteiger partial charge in [0, 0.05) is 19.0 Å². The molecule has 1 fully saturated rings. The number of aromatic nitrogens is 1. The topological polar surface area (TPSA) is 37.4 Å². The zero-order valence-corrected chi connectivity index (χ0v) is 17.0. The third-order valence-corrected chi connectivity index (χ3v) is 6.43. The van der Waals surface area contributed by atoms with Crippen LogP contribution in [0.4, 0.5) is 5.69 Å². The first-order chi connectivity index (χ1) is 13.2. The molecule has 1 aliphatic heterocycles. The highest BCUT2D eigenvalue weighted by molar-refractivity contribution is 7.80. The van der Waals surface area contributed by atoms with Gasteiger partial charge in [0.1, 0.15) is 5.75 Å². The second-order valence-electron chi connectivity index (χ2n) is 6.64. The van der Waals surface area contributed by atoms with E-state index in [1.165, 1.54) is 9.71 Å². The molecule has 0 aliphatic carbocycles. The van der Waals surface area contributed by atoms with Crippen LogP contribution in [0.2, 0.25) is 0 Å². The number of hydrogen-bond acceptors (Lipinski definition) is 4. The number of anilines is 1. The van der Waals surface area contributed by atoms with Crippen molar-refractivity contribution < 1.29 is 4.74 Å². The summed E-state index contributed by atoms with van der Waals surface area (Å²) in [5.41, 5.74) is 2.04. The predicted molar refractivity (Wildman–Crippen MR) is 117 cm³/mol. The smallest absolute Gasteiger partial charge is 0.173 e. The maximum absolute atomic E-state index is 5.68. The number of fused-ring (bicyclic) bond motifs is 1. The number of thiazole rings is 1. The van der Waals surface area contributed by atoms with Gasteiger partial charge in [-0.05, 0) is 56.2 Å². The van der Waals surface area contributed by atoms with Crippen LogP contribution in [0.15, 0.2) is 48.5 Å². The van der Waals surface area contributed by atoms with Gasteiger partial charge in [-0.25, -0.2) is 4.98 Å². The average Bonchev–Trinajstić information content (AvgIpc) is 3.14. The minimum absolute atomic E-state index is 0.525. The first-order valence-electron chi connectivity index (χ1n) is 9.38. The van der Waals surface area contributed by atoms with E-state index in [1.54, 1.807) is 0 Å². The van der Waals surface area contributed by atoms with Crippen molar-refractivity contribution in [3.8, 4) is 5.75 Å². The molecular formula is C21H23N3OS2. The molecule has 0 unspecified atom stereocenters. The molecule has 0 saturated carbocycles. The van der Waals surface area contributed by atoms with Gasteiger partial charge in [0.15, 0.2) is 5.11 Å². The van der Waals surface area contributed by atoms with Crippen LogP contribution < -0.4 is 10.1 Å². The molecule has 0 atom stereocenters. The number of piperidine rings is 1. The number of para-hydroxylation sites is 3. The van der Waals surface area contributed by atoms with Crippen molar-refractivity contribution in [1.29, 1.82) is 0 Å². The Balaban J connectivity index is 1.38. The highest BCUT2D eigenvalue weighted by Crippen LogP contribution is 2.34. The van der Waals surface area contributed by atoms with Crippen LogP contribution in [0.1, 0.15) is 30.7 Å².